The third kappa shape index (κ3) is 16.1. The first-order valence-electron chi connectivity index (χ1n) is 12.5. The lowest BCUT2D eigenvalue weighted by atomic mass is 10.1. The predicted molar refractivity (Wildman–Crippen MR) is 134 cm³/mol. The van der Waals surface area contributed by atoms with Gasteiger partial charge in [-0.2, -0.15) is 0 Å². The molecular weight excluding hydrogens is 439 g/mol. The van der Waals surface area contributed by atoms with Crippen molar-refractivity contribution in [3.63, 3.8) is 0 Å². The van der Waals surface area contributed by atoms with Crippen LogP contribution in [0, 0.1) is 0 Å². The Morgan fingerprint density at radius 2 is 1.45 bits per heavy atom. The number of nitrogens with zero attached hydrogens (tertiary/aromatic N) is 1. The molecule has 0 saturated heterocycles. The fraction of sp³-hybridized carbons (Fsp3) is 0.720. The molecule has 0 aliphatic rings. The third-order valence-electron chi connectivity index (χ3n) is 5.79. The number of carbonyl (C=O) groups excluding carboxylic acids is 1. The van der Waals surface area contributed by atoms with Gasteiger partial charge in [-0.1, -0.05) is 70.4 Å². The van der Waals surface area contributed by atoms with E-state index in [1.165, 1.54) is 69.8 Å². The predicted octanol–water partition coefficient (Wildman–Crippen LogP) is 5.41. The fourth-order valence-corrected chi connectivity index (χ4v) is 4.34. The Balaban J connectivity index is 2.22. The largest absolute Gasteiger partial charge is 0.462 e. The molecule has 8 heteroatoms. The molecule has 0 amide bonds. The molecule has 0 aromatic heterocycles. The third-order valence-corrected chi connectivity index (χ3v) is 6.42. The number of benzene rings is 1. The second-order valence-electron chi connectivity index (χ2n) is 9.64. The minimum Gasteiger partial charge on any atom is -0.462 e. The Morgan fingerprint density at radius 3 is 2.00 bits per heavy atom. The first-order chi connectivity index (χ1) is 15.6. The first-order valence-corrected chi connectivity index (χ1v) is 14.1. The van der Waals surface area contributed by atoms with E-state index in [2.05, 4.69) is 26.1 Å². The molecule has 0 aliphatic carbocycles. The molecule has 7 nitrogen and oxygen atoms in total. The molecule has 0 heterocycles. The maximum Gasteiger partial charge on any atom is 0.400 e. The number of hydrogen-bond acceptors (Lipinski definition) is 3. The van der Waals surface area contributed by atoms with Gasteiger partial charge >= 0.3 is 13.7 Å². The van der Waals surface area contributed by atoms with Crippen LogP contribution < -0.4 is 5.09 Å². The van der Waals surface area contributed by atoms with Gasteiger partial charge in [-0.3, -0.25) is 0 Å². The second-order valence-corrected chi connectivity index (χ2v) is 11.0. The molecule has 0 atom stereocenters. The average Bonchev–Trinajstić information content (AvgIpc) is 2.74. The molecule has 0 aliphatic heterocycles. The van der Waals surface area contributed by atoms with Crippen molar-refractivity contribution in [2.75, 3.05) is 33.8 Å². The van der Waals surface area contributed by atoms with Crippen molar-refractivity contribution in [2.24, 2.45) is 0 Å². The molecule has 190 valence electrons. The smallest absolute Gasteiger partial charge is 0.400 e. The molecule has 1 rings (SSSR count). The quantitative estimate of drug-likeness (QED) is 0.105. The Kier molecular flexibility index (Phi) is 14.8. The summed E-state index contributed by atoms with van der Waals surface area (Å²) in [6, 6.07) is 7.52. The summed E-state index contributed by atoms with van der Waals surface area (Å²) in [6.45, 7) is 4.51. The summed E-state index contributed by atoms with van der Waals surface area (Å²) in [5, 5.41) is 2.07. The molecule has 3 N–H and O–H groups in total. The highest BCUT2D eigenvalue weighted by atomic mass is 31.2. The van der Waals surface area contributed by atoms with Gasteiger partial charge in [0.1, 0.15) is 6.54 Å². The summed E-state index contributed by atoms with van der Waals surface area (Å²) in [4.78, 5) is 29.6. The average molecular weight is 486 g/mol. The summed E-state index contributed by atoms with van der Waals surface area (Å²) in [6.07, 6.45) is 13.8. The Hall–Kier alpha value is -1.24. The molecule has 33 heavy (non-hydrogen) atoms. The molecule has 1 aromatic rings. The standard InChI is InChI=1S/C25H45N2O5P/c1-4-5-6-7-8-9-10-11-12-13-20-27(2,3)22-23-15-17-24(18-16-23)25(28)32-21-14-19-26-33(29,30)31/h15-18H,4-14,19-22H2,1-3H3,(H2-,26,29,30,31)/p+1. The molecule has 0 radical (unpaired) electrons. The van der Waals surface area contributed by atoms with Gasteiger partial charge in [0, 0.05) is 12.1 Å². The van der Waals surface area contributed by atoms with Gasteiger partial charge in [-0.05, 0) is 31.4 Å². The van der Waals surface area contributed by atoms with Crippen molar-refractivity contribution in [1.29, 1.82) is 0 Å². The van der Waals surface area contributed by atoms with Crippen molar-refractivity contribution in [3.05, 3.63) is 35.4 Å². The fourth-order valence-electron chi connectivity index (χ4n) is 3.89. The minimum absolute atomic E-state index is 0.0859. The minimum atomic E-state index is -4.22. The van der Waals surface area contributed by atoms with Crippen LogP contribution in [-0.2, 0) is 15.8 Å². The van der Waals surface area contributed by atoms with Crippen molar-refractivity contribution in [2.45, 2.75) is 84.1 Å². The lowest BCUT2D eigenvalue weighted by molar-refractivity contribution is -0.903. The number of esters is 1. The van der Waals surface area contributed by atoms with E-state index in [-0.39, 0.29) is 13.2 Å². The summed E-state index contributed by atoms with van der Waals surface area (Å²) >= 11 is 0. The van der Waals surface area contributed by atoms with Gasteiger partial charge in [0.05, 0.1) is 32.8 Å². The van der Waals surface area contributed by atoms with Crippen molar-refractivity contribution < 1.29 is 28.4 Å². The number of unbranched alkanes of at least 4 members (excludes halogenated alkanes) is 9. The molecule has 0 spiro atoms. The van der Waals surface area contributed by atoms with Crippen LogP contribution in [-0.4, -0.2) is 54.0 Å². The van der Waals surface area contributed by atoms with Crippen molar-refractivity contribution in [1.82, 2.24) is 5.09 Å². The van der Waals surface area contributed by atoms with Gasteiger partial charge in [-0.25, -0.2) is 14.4 Å². The number of quaternary nitrogens is 1. The number of ether oxygens (including phenoxy) is 1. The summed E-state index contributed by atoms with van der Waals surface area (Å²) < 4.78 is 16.8. The lowest BCUT2D eigenvalue weighted by Crippen LogP contribution is -2.39. The highest BCUT2D eigenvalue weighted by Crippen LogP contribution is 2.27. The SMILES string of the molecule is CCCCCCCCCCCC[N+](C)(C)Cc1ccc(C(=O)OCCCNP(=O)(O)O)cc1. The Bertz CT molecular complexity index is 703. The summed E-state index contributed by atoms with van der Waals surface area (Å²) in [7, 11) is 0.282. The normalized spacial score (nSPS) is 12.2. The van der Waals surface area contributed by atoms with Gasteiger partial charge < -0.3 is 19.0 Å². The van der Waals surface area contributed by atoms with Crippen LogP contribution in [0.1, 0.15) is 93.5 Å². The highest BCUT2D eigenvalue weighted by Gasteiger charge is 2.16. The zero-order valence-electron chi connectivity index (χ0n) is 20.9. The topological polar surface area (TPSA) is 95.9 Å². The molecule has 0 saturated carbocycles. The Labute approximate surface area is 200 Å². The van der Waals surface area contributed by atoms with Crippen LogP contribution in [0.2, 0.25) is 0 Å². The molecule has 0 fully saturated rings. The maximum absolute atomic E-state index is 12.1. The van der Waals surface area contributed by atoms with E-state index in [4.69, 9.17) is 14.5 Å². The number of hydrogen-bond donors (Lipinski definition) is 3. The lowest BCUT2D eigenvalue weighted by Gasteiger charge is -2.30. The maximum atomic E-state index is 12.1. The molecule has 0 unspecified atom stereocenters. The molecule has 0 bridgehead atoms. The zero-order chi connectivity index (χ0) is 24.6. The number of rotatable bonds is 19. The van der Waals surface area contributed by atoms with Crippen molar-refractivity contribution in [3.8, 4) is 0 Å². The van der Waals surface area contributed by atoms with Gasteiger partial charge in [0.2, 0.25) is 0 Å². The molecule has 1 aromatic carbocycles. The second kappa shape index (κ2) is 16.4. The van der Waals surface area contributed by atoms with E-state index in [9.17, 15) is 9.36 Å². The van der Waals surface area contributed by atoms with Crippen LogP contribution in [0.3, 0.4) is 0 Å². The Morgan fingerprint density at radius 1 is 0.909 bits per heavy atom. The number of carbonyl (C=O) groups is 1. The van der Waals surface area contributed by atoms with Crippen LogP contribution in [0.15, 0.2) is 24.3 Å². The van der Waals surface area contributed by atoms with Crippen LogP contribution in [0.5, 0.6) is 0 Å². The van der Waals surface area contributed by atoms with Crippen LogP contribution >= 0.6 is 7.75 Å². The van der Waals surface area contributed by atoms with E-state index in [1.54, 1.807) is 12.1 Å². The van der Waals surface area contributed by atoms with E-state index in [0.717, 1.165) is 17.6 Å². The van der Waals surface area contributed by atoms with Gasteiger partial charge in [0.25, 0.3) is 0 Å². The summed E-state index contributed by atoms with van der Waals surface area (Å²) in [5.41, 5.74) is 1.68. The highest BCUT2D eigenvalue weighted by molar-refractivity contribution is 7.49. The van der Waals surface area contributed by atoms with Gasteiger partial charge in [0.15, 0.2) is 0 Å². The first kappa shape index (κ1) is 29.8. The van der Waals surface area contributed by atoms with Gasteiger partial charge in [-0.15, -0.1) is 0 Å². The summed E-state index contributed by atoms with van der Waals surface area (Å²) in [5.74, 6) is -0.420. The van der Waals surface area contributed by atoms with E-state index in [1.807, 2.05) is 12.1 Å². The van der Waals surface area contributed by atoms with E-state index >= 15 is 0 Å². The monoisotopic (exact) mass is 485 g/mol. The van der Waals surface area contributed by atoms with Crippen molar-refractivity contribution >= 4 is 13.7 Å². The molecular formula is C25H46N2O5P+. The van der Waals surface area contributed by atoms with Crippen LogP contribution in [0.4, 0.5) is 0 Å². The van der Waals surface area contributed by atoms with E-state index in [0.29, 0.717) is 12.0 Å². The van der Waals surface area contributed by atoms with E-state index < -0.39 is 13.7 Å². The zero-order valence-corrected chi connectivity index (χ0v) is 21.8. The number of nitrogens with one attached hydrogen (secondary N) is 1. The van der Waals surface area contributed by atoms with Crippen LogP contribution in [0.25, 0.3) is 0 Å².